The number of carbonyl (C=O) groups is 1. The molecule has 1 aromatic heterocycles. The smallest absolute Gasteiger partial charge is 0.329 e. The first-order chi connectivity index (χ1) is 13.6. The molecule has 0 amide bonds. The molecule has 0 spiro atoms. The number of hydrogen-bond acceptors (Lipinski definition) is 9. The maximum atomic E-state index is 12.1. The highest BCUT2D eigenvalue weighted by Gasteiger charge is 2.19. The fourth-order valence-electron chi connectivity index (χ4n) is 2.32. The summed E-state index contributed by atoms with van der Waals surface area (Å²) in [4.78, 5) is 21.8. The zero-order valence-corrected chi connectivity index (χ0v) is 15.1. The summed E-state index contributed by atoms with van der Waals surface area (Å²) in [5, 5.41) is 55.6. The molecule has 10 nitrogen and oxygen atoms in total. The van der Waals surface area contributed by atoms with Gasteiger partial charge in [0.15, 0.2) is 17.3 Å². The number of carboxylic acids is 1. The van der Waals surface area contributed by atoms with Crippen LogP contribution in [-0.4, -0.2) is 49.8 Å². The van der Waals surface area contributed by atoms with Gasteiger partial charge in [-0.1, -0.05) is 0 Å². The van der Waals surface area contributed by atoms with Crippen LogP contribution in [0.2, 0.25) is 0 Å². The molecular formula is C19H18O10. The first-order valence-electron chi connectivity index (χ1n) is 8.19. The molecule has 2 aromatic carbocycles. The minimum Gasteiger partial charge on any atom is -0.508 e. The van der Waals surface area contributed by atoms with Crippen molar-refractivity contribution in [2.24, 2.45) is 0 Å². The number of rotatable bonds is 4. The second kappa shape index (κ2) is 8.85. The number of ether oxygens (including phenoxy) is 1. The Morgan fingerprint density at radius 1 is 1.00 bits per heavy atom. The third kappa shape index (κ3) is 4.87. The summed E-state index contributed by atoms with van der Waals surface area (Å²) >= 11 is 0. The molecule has 0 unspecified atom stereocenters. The van der Waals surface area contributed by atoms with Crippen LogP contribution >= 0.6 is 0 Å². The number of fused-ring (bicyclic) bond motifs is 1. The van der Waals surface area contributed by atoms with Gasteiger partial charge in [0.05, 0.1) is 0 Å². The highest BCUT2D eigenvalue weighted by molar-refractivity contribution is 5.88. The average molecular weight is 406 g/mol. The van der Waals surface area contributed by atoms with Crippen LogP contribution in [-0.2, 0) is 9.53 Å². The number of aromatic hydroxyl groups is 5. The molecule has 0 saturated carbocycles. The van der Waals surface area contributed by atoms with E-state index in [2.05, 4.69) is 4.74 Å². The van der Waals surface area contributed by atoms with Gasteiger partial charge in [0, 0.05) is 24.3 Å². The molecule has 3 aromatic rings. The van der Waals surface area contributed by atoms with Crippen LogP contribution in [0.5, 0.6) is 28.7 Å². The van der Waals surface area contributed by atoms with Crippen LogP contribution in [0.3, 0.4) is 0 Å². The van der Waals surface area contributed by atoms with Gasteiger partial charge < -0.3 is 39.8 Å². The van der Waals surface area contributed by atoms with Gasteiger partial charge in [0.1, 0.15) is 29.1 Å². The van der Waals surface area contributed by atoms with Crippen molar-refractivity contribution in [3.8, 4) is 40.1 Å². The predicted octanol–water partition coefficient (Wildman–Crippen LogP) is 2.10. The number of carboxylic acid groups (broad SMARTS) is 1. The molecule has 3 rings (SSSR count). The van der Waals surface area contributed by atoms with Gasteiger partial charge in [-0.3, -0.25) is 4.79 Å². The quantitative estimate of drug-likeness (QED) is 0.351. The molecule has 0 aliphatic heterocycles. The van der Waals surface area contributed by atoms with Crippen molar-refractivity contribution in [2.45, 2.75) is 6.92 Å². The highest BCUT2D eigenvalue weighted by atomic mass is 16.5. The lowest BCUT2D eigenvalue weighted by Crippen LogP contribution is -2.05. The monoisotopic (exact) mass is 406 g/mol. The van der Waals surface area contributed by atoms with Crippen molar-refractivity contribution >= 4 is 16.9 Å². The number of benzene rings is 2. The minimum absolute atomic E-state index is 0.134. The summed E-state index contributed by atoms with van der Waals surface area (Å²) < 4.78 is 9.85. The molecule has 0 radical (unpaired) electrons. The molecule has 0 fully saturated rings. The van der Waals surface area contributed by atoms with E-state index in [0.717, 1.165) is 24.3 Å². The fourth-order valence-corrected chi connectivity index (χ4v) is 2.32. The molecule has 10 heteroatoms. The molecule has 154 valence electrons. The van der Waals surface area contributed by atoms with Gasteiger partial charge in [-0.2, -0.15) is 0 Å². The number of phenolic OH excluding ortho intramolecular Hbond substituents is 4. The van der Waals surface area contributed by atoms with Gasteiger partial charge in [-0.05, 0) is 25.1 Å². The van der Waals surface area contributed by atoms with Gasteiger partial charge in [0.2, 0.25) is 11.2 Å². The maximum absolute atomic E-state index is 12.1. The van der Waals surface area contributed by atoms with Crippen LogP contribution in [0, 0.1) is 0 Å². The first-order valence-corrected chi connectivity index (χ1v) is 8.19. The molecule has 0 atom stereocenters. The molecule has 1 heterocycles. The summed E-state index contributed by atoms with van der Waals surface area (Å²) in [6, 6.07) is 5.64. The van der Waals surface area contributed by atoms with E-state index in [-0.39, 0.29) is 40.4 Å². The van der Waals surface area contributed by atoms with Gasteiger partial charge in [0.25, 0.3) is 0 Å². The van der Waals surface area contributed by atoms with Crippen molar-refractivity contribution in [1.82, 2.24) is 0 Å². The standard InChI is InChI=1S/C15H10O7.C4H8O3/c16-7-4-10(19)12-11(5-7)22-15(14(21)13(12)20)6-1-2-8(17)9(18)3-6;1-2-7-3-4(5)6/h1-5,16-19,21H;2-3H2,1H3,(H,5,6). The van der Waals surface area contributed by atoms with Crippen LogP contribution in [0.15, 0.2) is 39.5 Å². The Morgan fingerprint density at radius 3 is 2.24 bits per heavy atom. The summed E-state index contributed by atoms with van der Waals surface area (Å²) in [5.41, 5.74) is -0.890. The molecular weight excluding hydrogens is 388 g/mol. The van der Waals surface area contributed by atoms with Crippen molar-refractivity contribution in [1.29, 1.82) is 0 Å². The Labute approximate surface area is 163 Å². The van der Waals surface area contributed by atoms with Crippen LogP contribution in [0.25, 0.3) is 22.3 Å². The van der Waals surface area contributed by atoms with E-state index in [1.54, 1.807) is 6.92 Å². The van der Waals surface area contributed by atoms with E-state index in [4.69, 9.17) is 9.52 Å². The van der Waals surface area contributed by atoms with Crippen LogP contribution < -0.4 is 5.43 Å². The van der Waals surface area contributed by atoms with Crippen LogP contribution in [0.1, 0.15) is 6.92 Å². The van der Waals surface area contributed by atoms with E-state index >= 15 is 0 Å². The minimum atomic E-state index is -0.915. The molecule has 0 aliphatic carbocycles. The molecule has 0 saturated heterocycles. The van der Waals surface area contributed by atoms with E-state index in [9.17, 15) is 35.1 Å². The third-order valence-electron chi connectivity index (χ3n) is 3.60. The summed E-state index contributed by atoms with van der Waals surface area (Å²) in [6.07, 6.45) is 0. The molecule has 0 bridgehead atoms. The largest absolute Gasteiger partial charge is 0.508 e. The fraction of sp³-hybridized carbons (Fsp3) is 0.158. The Hall–Kier alpha value is -3.92. The van der Waals surface area contributed by atoms with Crippen molar-refractivity contribution in [2.75, 3.05) is 13.2 Å². The Bertz CT molecular complexity index is 1100. The number of phenols is 4. The number of aliphatic carboxylic acids is 1. The molecule has 6 N–H and O–H groups in total. The topological polar surface area (TPSA) is 178 Å². The van der Waals surface area contributed by atoms with E-state index in [0.29, 0.717) is 6.61 Å². The lowest BCUT2D eigenvalue weighted by atomic mass is 10.1. The Morgan fingerprint density at radius 2 is 1.69 bits per heavy atom. The van der Waals surface area contributed by atoms with Gasteiger partial charge >= 0.3 is 5.97 Å². The average Bonchev–Trinajstić information content (AvgIpc) is 2.65. The zero-order valence-electron chi connectivity index (χ0n) is 15.1. The second-order valence-electron chi connectivity index (χ2n) is 5.68. The van der Waals surface area contributed by atoms with Crippen LogP contribution in [0.4, 0.5) is 0 Å². The van der Waals surface area contributed by atoms with Crippen molar-refractivity contribution in [3.63, 3.8) is 0 Å². The van der Waals surface area contributed by atoms with Crippen molar-refractivity contribution in [3.05, 3.63) is 40.6 Å². The maximum Gasteiger partial charge on any atom is 0.329 e. The Kier molecular flexibility index (Phi) is 6.52. The number of hydrogen-bond donors (Lipinski definition) is 6. The van der Waals surface area contributed by atoms with E-state index in [1.165, 1.54) is 6.07 Å². The molecule has 0 aliphatic rings. The zero-order chi connectivity index (χ0) is 21.7. The van der Waals surface area contributed by atoms with Gasteiger partial charge in [-0.25, -0.2) is 4.79 Å². The third-order valence-corrected chi connectivity index (χ3v) is 3.60. The SMILES string of the molecule is CCOCC(=O)O.O=c1c(O)c(-c2ccc(O)c(O)c2)oc2cc(O)cc(O)c12. The summed E-state index contributed by atoms with van der Waals surface area (Å²) in [7, 11) is 0. The summed E-state index contributed by atoms with van der Waals surface area (Å²) in [5.74, 6) is -3.63. The molecule has 29 heavy (non-hydrogen) atoms. The van der Waals surface area contributed by atoms with Crippen molar-refractivity contribution < 1.29 is 44.6 Å². The van der Waals surface area contributed by atoms with E-state index in [1.807, 2.05) is 0 Å². The highest BCUT2D eigenvalue weighted by Crippen LogP contribution is 2.37. The van der Waals surface area contributed by atoms with E-state index < -0.39 is 28.6 Å². The normalized spacial score (nSPS) is 10.4. The summed E-state index contributed by atoms with van der Waals surface area (Å²) in [6.45, 7) is 2.03. The Balaban J connectivity index is 0.000000370. The lowest BCUT2D eigenvalue weighted by molar-refractivity contribution is -0.142. The first kappa shape index (κ1) is 21.4. The lowest BCUT2D eigenvalue weighted by Gasteiger charge is -2.08. The predicted molar refractivity (Wildman–Crippen MR) is 100 cm³/mol. The second-order valence-corrected chi connectivity index (χ2v) is 5.68. The van der Waals surface area contributed by atoms with Gasteiger partial charge in [-0.15, -0.1) is 0 Å².